The number of aryl methyl sites for hydroxylation is 2. The zero-order chi connectivity index (χ0) is 16.9. The van der Waals surface area contributed by atoms with E-state index in [1.165, 1.54) is 6.07 Å². The molecule has 1 heterocycles. The molecule has 0 saturated carbocycles. The van der Waals surface area contributed by atoms with Crippen LogP contribution in [0, 0.1) is 12.7 Å². The van der Waals surface area contributed by atoms with Crippen molar-refractivity contribution in [1.82, 2.24) is 14.9 Å². The van der Waals surface area contributed by atoms with Gasteiger partial charge in [-0.1, -0.05) is 18.2 Å². The van der Waals surface area contributed by atoms with Crippen LogP contribution < -0.4 is 10.6 Å². The molecule has 0 aliphatic heterocycles. The summed E-state index contributed by atoms with van der Waals surface area (Å²) in [5, 5.41) is 6.63. The Bertz CT molecular complexity index is 859. The first kappa shape index (κ1) is 16.4. The number of aromatic nitrogens is 2. The van der Waals surface area contributed by atoms with E-state index in [2.05, 4.69) is 26.3 Å². The molecule has 124 valence electrons. The highest BCUT2D eigenvalue weighted by Crippen LogP contribution is 2.14. The third kappa shape index (κ3) is 3.89. The number of halogens is 1. The molecule has 0 fully saturated rings. The number of hydrogen-bond donors (Lipinski definition) is 2. The molecule has 3 aromatic rings. The van der Waals surface area contributed by atoms with Gasteiger partial charge >= 0.3 is 0 Å². The molecule has 2 N–H and O–H groups in total. The van der Waals surface area contributed by atoms with Crippen molar-refractivity contribution >= 4 is 34.1 Å². The Morgan fingerprint density at radius 3 is 2.92 bits per heavy atom. The Kier molecular flexibility index (Phi) is 5.05. The molecule has 0 unspecified atom stereocenters. The predicted molar refractivity (Wildman–Crippen MR) is 99.7 cm³/mol. The maximum Gasteiger partial charge on any atom is 0.170 e. The van der Waals surface area contributed by atoms with E-state index in [0.717, 1.165) is 30.5 Å². The van der Waals surface area contributed by atoms with E-state index in [0.29, 0.717) is 16.4 Å². The standard InChI is InChI=1S/C18H19FN4S/c1-13-7-8-14(11-15(13)19)22-18(24)20-9-4-10-23-12-21-16-5-2-3-6-17(16)23/h2-3,5-8,11-12H,4,9-10H2,1H3,(H2,20,22,24). The van der Waals surface area contributed by atoms with E-state index in [1.807, 2.05) is 30.6 Å². The minimum Gasteiger partial charge on any atom is -0.362 e. The number of anilines is 1. The largest absolute Gasteiger partial charge is 0.362 e. The summed E-state index contributed by atoms with van der Waals surface area (Å²) in [4.78, 5) is 4.37. The average molecular weight is 342 g/mol. The minimum atomic E-state index is -0.241. The lowest BCUT2D eigenvalue weighted by Crippen LogP contribution is -2.29. The lowest BCUT2D eigenvalue weighted by atomic mass is 10.2. The van der Waals surface area contributed by atoms with Crippen molar-refractivity contribution in [2.75, 3.05) is 11.9 Å². The summed E-state index contributed by atoms with van der Waals surface area (Å²) in [6, 6.07) is 13.0. The first-order valence-electron chi connectivity index (χ1n) is 7.84. The molecule has 24 heavy (non-hydrogen) atoms. The molecule has 0 radical (unpaired) electrons. The van der Waals surface area contributed by atoms with Gasteiger partial charge in [-0.05, 0) is 55.4 Å². The molecular formula is C18H19FN4S. The van der Waals surface area contributed by atoms with Gasteiger partial charge in [0.1, 0.15) is 5.82 Å². The number of benzene rings is 2. The van der Waals surface area contributed by atoms with Gasteiger partial charge in [0.25, 0.3) is 0 Å². The van der Waals surface area contributed by atoms with Gasteiger partial charge in [0.2, 0.25) is 0 Å². The van der Waals surface area contributed by atoms with E-state index >= 15 is 0 Å². The predicted octanol–water partition coefficient (Wildman–Crippen LogP) is 3.86. The fourth-order valence-corrected chi connectivity index (χ4v) is 2.71. The summed E-state index contributed by atoms with van der Waals surface area (Å²) in [6.07, 6.45) is 2.76. The van der Waals surface area contributed by atoms with Gasteiger partial charge in [0.15, 0.2) is 5.11 Å². The van der Waals surface area contributed by atoms with Crippen molar-refractivity contribution < 1.29 is 4.39 Å². The molecule has 0 atom stereocenters. The average Bonchev–Trinajstić information content (AvgIpc) is 2.98. The molecule has 0 amide bonds. The molecule has 3 rings (SSSR count). The lowest BCUT2D eigenvalue weighted by Gasteiger charge is -2.11. The number of fused-ring (bicyclic) bond motifs is 1. The first-order valence-corrected chi connectivity index (χ1v) is 8.25. The molecule has 1 aromatic heterocycles. The molecule has 0 bridgehead atoms. The SMILES string of the molecule is Cc1ccc(NC(=S)NCCCn2cnc3ccccc32)cc1F. The van der Waals surface area contributed by atoms with Crippen molar-refractivity contribution in [3.05, 3.63) is 60.2 Å². The zero-order valence-electron chi connectivity index (χ0n) is 13.4. The van der Waals surface area contributed by atoms with Crippen LogP contribution in [0.15, 0.2) is 48.8 Å². The second kappa shape index (κ2) is 7.40. The van der Waals surface area contributed by atoms with Crippen molar-refractivity contribution in [3.63, 3.8) is 0 Å². The summed E-state index contributed by atoms with van der Waals surface area (Å²) in [5.41, 5.74) is 3.40. The maximum atomic E-state index is 13.5. The van der Waals surface area contributed by atoms with Crippen LogP contribution in [0.2, 0.25) is 0 Å². The summed E-state index contributed by atoms with van der Waals surface area (Å²) in [7, 11) is 0. The van der Waals surface area contributed by atoms with E-state index in [1.54, 1.807) is 13.0 Å². The van der Waals surface area contributed by atoms with E-state index in [-0.39, 0.29) is 5.82 Å². The van der Waals surface area contributed by atoms with Gasteiger partial charge < -0.3 is 15.2 Å². The third-order valence-electron chi connectivity index (χ3n) is 3.82. The molecule has 4 nitrogen and oxygen atoms in total. The van der Waals surface area contributed by atoms with Crippen LogP contribution in [0.25, 0.3) is 11.0 Å². The molecule has 0 spiro atoms. The van der Waals surface area contributed by atoms with Crippen molar-refractivity contribution in [2.45, 2.75) is 19.9 Å². The normalized spacial score (nSPS) is 10.8. The Balaban J connectivity index is 1.46. The lowest BCUT2D eigenvalue weighted by molar-refractivity contribution is 0.619. The second-order valence-corrected chi connectivity index (χ2v) is 6.03. The highest BCUT2D eigenvalue weighted by Gasteiger charge is 2.03. The van der Waals surface area contributed by atoms with Crippen molar-refractivity contribution in [3.8, 4) is 0 Å². The van der Waals surface area contributed by atoms with Crippen LogP contribution >= 0.6 is 12.2 Å². The Morgan fingerprint density at radius 1 is 1.25 bits per heavy atom. The summed E-state index contributed by atoms with van der Waals surface area (Å²) >= 11 is 5.24. The van der Waals surface area contributed by atoms with E-state index in [4.69, 9.17) is 12.2 Å². The number of nitrogens with one attached hydrogen (secondary N) is 2. The minimum absolute atomic E-state index is 0.241. The first-order chi connectivity index (χ1) is 11.6. The van der Waals surface area contributed by atoms with Gasteiger partial charge in [-0.3, -0.25) is 0 Å². The number of rotatable bonds is 5. The Labute approximate surface area is 145 Å². The monoisotopic (exact) mass is 342 g/mol. The number of thiocarbonyl (C=S) groups is 1. The van der Waals surface area contributed by atoms with Gasteiger partial charge in [-0.2, -0.15) is 0 Å². The van der Waals surface area contributed by atoms with Crippen molar-refractivity contribution in [2.24, 2.45) is 0 Å². The molecule has 0 saturated heterocycles. The topological polar surface area (TPSA) is 41.9 Å². The second-order valence-electron chi connectivity index (χ2n) is 5.63. The van der Waals surface area contributed by atoms with Crippen LogP contribution in [0.4, 0.5) is 10.1 Å². The van der Waals surface area contributed by atoms with Gasteiger partial charge in [0.05, 0.1) is 17.4 Å². The molecule has 6 heteroatoms. The fraction of sp³-hybridized carbons (Fsp3) is 0.222. The highest BCUT2D eigenvalue weighted by molar-refractivity contribution is 7.80. The van der Waals surface area contributed by atoms with Crippen LogP contribution in [0.1, 0.15) is 12.0 Å². The van der Waals surface area contributed by atoms with Crippen molar-refractivity contribution in [1.29, 1.82) is 0 Å². The third-order valence-corrected chi connectivity index (χ3v) is 4.06. The summed E-state index contributed by atoms with van der Waals surface area (Å²) in [5.74, 6) is -0.241. The van der Waals surface area contributed by atoms with Gasteiger partial charge in [0, 0.05) is 18.8 Å². The molecule has 0 aliphatic carbocycles. The van der Waals surface area contributed by atoms with Crippen LogP contribution in [-0.2, 0) is 6.54 Å². The molecule has 0 aliphatic rings. The Morgan fingerprint density at radius 2 is 2.08 bits per heavy atom. The molecule has 2 aromatic carbocycles. The van der Waals surface area contributed by atoms with Gasteiger partial charge in [-0.25, -0.2) is 9.37 Å². The Hall–Kier alpha value is -2.47. The smallest absolute Gasteiger partial charge is 0.170 e. The maximum absolute atomic E-state index is 13.5. The van der Waals surface area contributed by atoms with E-state index in [9.17, 15) is 4.39 Å². The zero-order valence-corrected chi connectivity index (χ0v) is 14.2. The number of hydrogen-bond acceptors (Lipinski definition) is 2. The fourth-order valence-electron chi connectivity index (χ4n) is 2.49. The van der Waals surface area contributed by atoms with E-state index < -0.39 is 0 Å². The number of nitrogens with zero attached hydrogens (tertiary/aromatic N) is 2. The van der Waals surface area contributed by atoms with Crippen LogP contribution in [0.3, 0.4) is 0 Å². The van der Waals surface area contributed by atoms with Crippen LogP contribution in [0.5, 0.6) is 0 Å². The number of imidazole rings is 1. The quantitative estimate of drug-likeness (QED) is 0.546. The van der Waals surface area contributed by atoms with Crippen LogP contribution in [-0.4, -0.2) is 21.2 Å². The highest BCUT2D eigenvalue weighted by atomic mass is 32.1. The summed E-state index contributed by atoms with van der Waals surface area (Å²) < 4.78 is 15.6. The number of para-hydroxylation sites is 2. The van der Waals surface area contributed by atoms with Gasteiger partial charge in [-0.15, -0.1) is 0 Å². The molecular weight excluding hydrogens is 323 g/mol. The summed E-state index contributed by atoms with van der Waals surface area (Å²) in [6.45, 7) is 3.32.